The Morgan fingerprint density at radius 1 is 1.58 bits per heavy atom. The number of hydrogen-bond donors (Lipinski definition) is 1. The van der Waals surface area contributed by atoms with E-state index in [1.807, 2.05) is 0 Å². The first kappa shape index (κ1) is 9.10. The van der Waals surface area contributed by atoms with Crippen molar-refractivity contribution in [1.29, 1.82) is 0 Å². The van der Waals surface area contributed by atoms with E-state index < -0.39 is 0 Å². The summed E-state index contributed by atoms with van der Waals surface area (Å²) in [5, 5.41) is 8.99. The molecule has 0 saturated carbocycles. The summed E-state index contributed by atoms with van der Waals surface area (Å²) < 4.78 is 0. The van der Waals surface area contributed by atoms with Crippen LogP contribution in [-0.2, 0) is 4.79 Å². The van der Waals surface area contributed by atoms with E-state index in [-0.39, 0.29) is 11.7 Å². The number of unbranched alkanes of at least 4 members (excludes halogenated alkanes) is 2. The maximum absolute atomic E-state index is 11.1. The molecule has 0 bridgehead atoms. The van der Waals surface area contributed by atoms with Gasteiger partial charge in [0.05, 0.1) is 0 Å². The van der Waals surface area contributed by atoms with Crippen molar-refractivity contribution in [2.45, 2.75) is 26.2 Å². The molecule has 0 fully saturated rings. The standard InChI is InChI=1S/C9H15NO2/c1-2-3-4-6-10-7-5-8(11)9(10)12/h5,11H,2-4,6-7H2,1H3. The SMILES string of the molecule is CCCCCN1CC=C(O)C1=O. The average molecular weight is 169 g/mol. The lowest BCUT2D eigenvalue weighted by Crippen LogP contribution is -2.27. The molecule has 0 aliphatic carbocycles. The molecule has 0 radical (unpaired) electrons. The molecule has 12 heavy (non-hydrogen) atoms. The first-order chi connectivity index (χ1) is 5.75. The Kier molecular flexibility index (Phi) is 3.14. The highest BCUT2D eigenvalue weighted by atomic mass is 16.3. The molecule has 3 nitrogen and oxygen atoms in total. The Bertz CT molecular complexity index is 199. The first-order valence-electron chi connectivity index (χ1n) is 4.44. The number of aliphatic hydroxyl groups excluding tert-OH is 1. The number of carbonyl (C=O) groups is 1. The van der Waals surface area contributed by atoms with Gasteiger partial charge in [-0.15, -0.1) is 0 Å². The molecule has 1 aliphatic rings. The fourth-order valence-corrected chi connectivity index (χ4v) is 1.27. The fraction of sp³-hybridized carbons (Fsp3) is 0.667. The van der Waals surface area contributed by atoms with Crippen LogP contribution < -0.4 is 0 Å². The largest absolute Gasteiger partial charge is 0.503 e. The zero-order valence-corrected chi connectivity index (χ0v) is 7.42. The predicted octanol–water partition coefficient (Wildman–Crippen LogP) is 1.46. The Morgan fingerprint density at radius 3 is 2.83 bits per heavy atom. The van der Waals surface area contributed by atoms with E-state index in [0.29, 0.717) is 6.54 Å². The third kappa shape index (κ3) is 2.00. The van der Waals surface area contributed by atoms with Crippen molar-refractivity contribution in [1.82, 2.24) is 4.90 Å². The van der Waals surface area contributed by atoms with Gasteiger partial charge in [-0.05, 0) is 12.5 Å². The van der Waals surface area contributed by atoms with Crippen LogP contribution in [-0.4, -0.2) is 29.0 Å². The zero-order chi connectivity index (χ0) is 8.97. The molecule has 1 N–H and O–H groups in total. The van der Waals surface area contributed by atoms with E-state index in [9.17, 15) is 4.79 Å². The summed E-state index contributed by atoms with van der Waals surface area (Å²) in [6, 6.07) is 0. The Morgan fingerprint density at radius 2 is 2.33 bits per heavy atom. The second kappa shape index (κ2) is 4.14. The molecule has 1 rings (SSSR count). The summed E-state index contributed by atoms with van der Waals surface area (Å²) in [5.41, 5.74) is 0. The minimum absolute atomic E-state index is 0.0912. The van der Waals surface area contributed by atoms with Gasteiger partial charge in [0.15, 0.2) is 5.76 Å². The molecule has 0 aromatic rings. The minimum atomic E-state index is -0.217. The van der Waals surface area contributed by atoms with Gasteiger partial charge in [0.2, 0.25) is 0 Å². The summed E-state index contributed by atoms with van der Waals surface area (Å²) in [6.45, 7) is 3.48. The van der Waals surface area contributed by atoms with E-state index in [0.717, 1.165) is 25.8 Å². The van der Waals surface area contributed by atoms with Gasteiger partial charge in [-0.2, -0.15) is 0 Å². The number of nitrogens with zero attached hydrogens (tertiary/aromatic N) is 1. The van der Waals surface area contributed by atoms with Crippen LogP contribution in [0.5, 0.6) is 0 Å². The zero-order valence-electron chi connectivity index (χ0n) is 7.42. The van der Waals surface area contributed by atoms with Gasteiger partial charge in [0.25, 0.3) is 5.91 Å². The Labute approximate surface area is 72.7 Å². The molecular weight excluding hydrogens is 154 g/mol. The molecule has 1 amide bonds. The minimum Gasteiger partial charge on any atom is -0.503 e. The molecule has 0 aromatic carbocycles. The van der Waals surface area contributed by atoms with Crippen LogP contribution in [0.4, 0.5) is 0 Å². The maximum Gasteiger partial charge on any atom is 0.288 e. The van der Waals surface area contributed by atoms with Gasteiger partial charge in [-0.1, -0.05) is 19.8 Å². The van der Waals surface area contributed by atoms with Crippen molar-refractivity contribution in [2.75, 3.05) is 13.1 Å². The molecule has 0 atom stereocenters. The quantitative estimate of drug-likeness (QED) is 0.647. The second-order valence-electron chi connectivity index (χ2n) is 3.05. The van der Waals surface area contributed by atoms with Crippen molar-refractivity contribution in [2.24, 2.45) is 0 Å². The van der Waals surface area contributed by atoms with Crippen LogP contribution >= 0.6 is 0 Å². The van der Waals surface area contributed by atoms with Gasteiger partial charge < -0.3 is 10.0 Å². The van der Waals surface area contributed by atoms with Gasteiger partial charge in [-0.25, -0.2) is 0 Å². The van der Waals surface area contributed by atoms with Crippen molar-refractivity contribution in [3.8, 4) is 0 Å². The molecule has 0 spiro atoms. The number of rotatable bonds is 4. The number of amides is 1. The van der Waals surface area contributed by atoms with Gasteiger partial charge in [0.1, 0.15) is 0 Å². The number of hydrogen-bond acceptors (Lipinski definition) is 2. The van der Waals surface area contributed by atoms with Gasteiger partial charge in [0, 0.05) is 13.1 Å². The van der Waals surface area contributed by atoms with Crippen molar-refractivity contribution < 1.29 is 9.90 Å². The summed E-state index contributed by atoms with van der Waals surface area (Å²) >= 11 is 0. The normalized spacial score (nSPS) is 16.9. The Balaban J connectivity index is 2.24. The van der Waals surface area contributed by atoms with E-state index in [1.165, 1.54) is 0 Å². The highest BCUT2D eigenvalue weighted by molar-refractivity contribution is 5.93. The third-order valence-corrected chi connectivity index (χ3v) is 2.04. The van der Waals surface area contributed by atoms with Crippen molar-refractivity contribution >= 4 is 5.91 Å². The highest BCUT2D eigenvalue weighted by Gasteiger charge is 2.21. The monoisotopic (exact) mass is 169 g/mol. The molecule has 3 heteroatoms. The molecule has 0 unspecified atom stereocenters. The van der Waals surface area contributed by atoms with Crippen LogP contribution in [0, 0.1) is 0 Å². The van der Waals surface area contributed by atoms with E-state index in [2.05, 4.69) is 6.92 Å². The van der Waals surface area contributed by atoms with Crippen LogP contribution in [0.2, 0.25) is 0 Å². The van der Waals surface area contributed by atoms with Crippen LogP contribution in [0.3, 0.4) is 0 Å². The second-order valence-corrected chi connectivity index (χ2v) is 3.05. The molecule has 0 saturated heterocycles. The summed E-state index contributed by atoms with van der Waals surface area (Å²) in [4.78, 5) is 12.8. The molecule has 0 aromatic heterocycles. The van der Waals surface area contributed by atoms with Crippen LogP contribution in [0.15, 0.2) is 11.8 Å². The van der Waals surface area contributed by atoms with E-state index in [4.69, 9.17) is 5.11 Å². The molecule has 68 valence electrons. The average Bonchev–Trinajstić information content (AvgIpc) is 2.36. The lowest BCUT2D eigenvalue weighted by molar-refractivity contribution is -0.127. The van der Waals surface area contributed by atoms with Crippen molar-refractivity contribution in [3.05, 3.63) is 11.8 Å². The smallest absolute Gasteiger partial charge is 0.288 e. The van der Waals surface area contributed by atoms with Crippen LogP contribution in [0.25, 0.3) is 0 Å². The first-order valence-corrected chi connectivity index (χ1v) is 4.44. The summed E-state index contributed by atoms with van der Waals surface area (Å²) in [6.07, 6.45) is 4.89. The van der Waals surface area contributed by atoms with Crippen molar-refractivity contribution in [3.63, 3.8) is 0 Å². The maximum atomic E-state index is 11.1. The van der Waals surface area contributed by atoms with Crippen LogP contribution in [0.1, 0.15) is 26.2 Å². The molecule has 1 aliphatic heterocycles. The summed E-state index contributed by atoms with van der Waals surface area (Å²) in [5.74, 6) is -0.308. The number of carbonyl (C=O) groups excluding carboxylic acids is 1. The van der Waals surface area contributed by atoms with E-state index >= 15 is 0 Å². The summed E-state index contributed by atoms with van der Waals surface area (Å²) in [7, 11) is 0. The number of aliphatic hydroxyl groups is 1. The molecule has 1 heterocycles. The predicted molar refractivity (Wildman–Crippen MR) is 46.8 cm³/mol. The fourth-order valence-electron chi connectivity index (χ4n) is 1.27. The topological polar surface area (TPSA) is 40.5 Å². The van der Waals surface area contributed by atoms with E-state index in [1.54, 1.807) is 11.0 Å². The van der Waals surface area contributed by atoms with Gasteiger partial charge in [-0.3, -0.25) is 4.79 Å². The highest BCUT2D eigenvalue weighted by Crippen LogP contribution is 2.09. The lowest BCUT2D eigenvalue weighted by atomic mass is 10.2. The molecular formula is C9H15NO2. The lowest BCUT2D eigenvalue weighted by Gasteiger charge is -2.14. The Hall–Kier alpha value is -0.990. The van der Waals surface area contributed by atoms with Gasteiger partial charge >= 0.3 is 0 Å². The third-order valence-electron chi connectivity index (χ3n) is 2.04.